The standard InChI is InChI=1S/C10H17NO3/c1-7-4-8(7)5-11-10(12)9-6-13-2-3-14-9/h7-9H,2-6H2,1H3,(H,11,12). The molecular weight excluding hydrogens is 182 g/mol. The van der Waals surface area contributed by atoms with Crippen LogP contribution in [0.25, 0.3) is 0 Å². The van der Waals surface area contributed by atoms with Crippen LogP contribution in [-0.2, 0) is 14.3 Å². The second kappa shape index (κ2) is 4.28. The van der Waals surface area contributed by atoms with Gasteiger partial charge in [0.1, 0.15) is 0 Å². The quantitative estimate of drug-likeness (QED) is 0.705. The van der Waals surface area contributed by atoms with Gasteiger partial charge in [-0.3, -0.25) is 4.79 Å². The average molecular weight is 199 g/mol. The smallest absolute Gasteiger partial charge is 0.251 e. The van der Waals surface area contributed by atoms with E-state index < -0.39 is 6.10 Å². The van der Waals surface area contributed by atoms with E-state index in [1.165, 1.54) is 6.42 Å². The third-order valence-electron chi connectivity index (χ3n) is 2.92. The first kappa shape index (κ1) is 9.93. The molecule has 3 unspecified atom stereocenters. The molecule has 80 valence electrons. The van der Waals surface area contributed by atoms with Gasteiger partial charge in [0.15, 0.2) is 6.10 Å². The lowest BCUT2D eigenvalue weighted by atomic mass is 10.3. The first-order valence-electron chi connectivity index (χ1n) is 5.24. The summed E-state index contributed by atoms with van der Waals surface area (Å²) in [7, 11) is 0. The Morgan fingerprint density at radius 1 is 1.50 bits per heavy atom. The first-order valence-corrected chi connectivity index (χ1v) is 5.24. The number of ether oxygens (including phenoxy) is 2. The summed E-state index contributed by atoms with van der Waals surface area (Å²) in [6.07, 6.45) is 0.847. The molecule has 1 N–H and O–H groups in total. The second-order valence-corrected chi connectivity index (χ2v) is 4.15. The number of hydrogen-bond acceptors (Lipinski definition) is 3. The molecule has 4 nitrogen and oxygen atoms in total. The Labute approximate surface area is 84.0 Å². The van der Waals surface area contributed by atoms with E-state index >= 15 is 0 Å². The van der Waals surface area contributed by atoms with Crippen molar-refractivity contribution in [2.75, 3.05) is 26.4 Å². The minimum Gasteiger partial charge on any atom is -0.376 e. The predicted molar refractivity (Wildman–Crippen MR) is 50.8 cm³/mol. The molecule has 1 aliphatic heterocycles. The lowest BCUT2D eigenvalue weighted by Gasteiger charge is -2.21. The Hall–Kier alpha value is -0.610. The van der Waals surface area contributed by atoms with Crippen LogP contribution in [0.3, 0.4) is 0 Å². The summed E-state index contributed by atoms with van der Waals surface area (Å²) in [6, 6.07) is 0. The van der Waals surface area contributed by atoms with Gasteiger partial charge in [-0.05, 0) is 18.3 Å². The molecule has 0 aromatic heterocycles. The van der Waals surface area contributed by atoms with E-state index in [1.807, 2.05) is 0 Å². The summed E-state index contributed by atoms with van der Waals surface area (Å²) in [5.41, 5.74) is 0. The van der Waals surface area contributed by atoms with Crippen molar-refractivity contribution in [1.82, 2.24) is 5.32 Å². The molecule has 2 aliphatic rings. The van der Waals surface area contributed by atoms with Crippen LogP contribution in [0.1, 0.15) is 13.3 Å². The Bertz CT molecular complexity index is 213. The van der Waals surface area contributed by atoms with Gasteiger partial charge in [0.2, 0.25) is 0 Å². The molecule has 2 rings (SSSR count). The number of hydrogen-bond donors (Lipinski definition) is 1. The fourth-order valence-electron chi connectivity index (χ4n) is 1.67. The third-order valence-corrected chi connectivity index (χ3v) is 2.92. The van der Waals surface area contributed by atoms with Gasteiger partial charge in [0.25, 0.3) is 5.91 Å². The van der Waals surface area contributed by atoms with Crippen LogP contribution in [0.2, 0.25) is 0 Å². The van der Waals surface area contributed by atoms with E-state index in [9.17, 15) is 4.79 Å². The lowest BCUT2D eigenvalue weighted by molar-refractivity contribution is -0.147. The van der Waals surface area contributed by atoms with Gasteiger partial charge in [0.05, 0.1) is 19.8 Å². The highest BCUT2D eigenvalue weighted by molar-refractivity contribution is 5.81. The van der Waals surface area contributed by atoms with Gasteiger partial charge in [-0.25, -0.2) is 0 Å². The van der Waals surface area contributed by atoms with Crippen molar-refractivity contribution in [1.29, 1.82) is 0 Å². The molecule has 1 amide bonds. The Morgan fingerprint density at radius 3 is 2.86 bits per heavy atom. The Balaban J connectivity index is 1.66. The number of rotatable bonds is 3. The van der Waals surface area contributed by atoms with Gasteiger partial charge < -0.3 is 14.8 Å². The Kier molecular flexibility index (Phi) is 3.03. The van der Waals surface area contributed by atoms with E-state index in [0.717, 1.165) is 12.5 Å². The van der Waals surface area contributed by atoms with E-state index in [4.69, 9.17) is 9.47 Å². The number of nitrogens with one attached hydrogen (secondary N) is 1. The molecule has 0 radical (unpaired) electrons. The van der Waals surface area contributed by atoms with Gasteiger partial charge in [-0.15, -0.1) is 0 Å². The van der Waals surface area contributed by atoms with Crippen LogP contribution < -0.4 is 5.32 Å². The van der Waals surface area contributed by atoms with E-state index in [0.29, 0.717) is 25.7 Å². The zero-order valence-electron chi connectivity index (χ0n) is 8.49. The molecular formula is C10H17NO3. The van der Waals surface area contributed by atoms with Crippen molar-refractivity contribution >= 4 is 5.91 Å². The highest BCUT2D eigenvalue weighted by Gasteiger charge is 2.33. The molecule has 4 heteroatoms. The van der Waals surface area contributed by atoms with Crippen LogP contribution in [0.5, 0.6) is 0 Å². The lowest BCUT2D eigenvalue weighted by Crippen LogP contribution is -2.43. The molecule has 0 aromatic carbocycles. The number of carbonyl (C=O) groups is 1. The first-order chi connectivity index (χ1) is 6.77. The Morgan fingerprint density at radius 2 is 2.29 bits per heavy atom. The molecule has 0 spiro atoms. The van der Waals surface area contributed by atoms with Gasteiger partial charge >= 0.3 is 0 Å². The molecule has 14 heavy (non-hydrogen) atoms. The molecule has 0 bridgehead atoms. The summed E-state index contributed by atoms with van der Waals surface area (Å²) in [5, 5.41) is 2.90. The largest absolute Gasteiger partial charge is 0.376 e. The SMILES string of the molecule is CC1CC1CNC(=O)C1COCCO1. The minimum absolute atomic E-state index is 0.0243. The topological polar surface area (TPSA) is 47.6 Å². The minimum atomic E-state index is -0.391. The summed E-state index contributed by atoms with van der Waals surface area (Å²) < 4.78 is 10.4. The van der Waals surface area contributed by atoms with Crippen molar-refractivity contribution < 1.29 is 14.3 Å². The maximum absolute atomic E-state index is 11.5. The summed E-state index contributed by atoms with van der Waals surface area (Å²) in [4.78, 5) is 11.5. The molecule has 3 atom stereocenters. The molecule has 0 aromatic rings. The second-order valence-electron chi connectivity index (χ2n) is 4.15. The highest BCUT2D eigenvalue weighted by Crippen LogP contribution is 2.36. The van der Waals surface area contributed by atoms with E-state index in [-0.39, 0.29) is 5.91 Å². The van der Waals surface area contributed by atoms with Gasteiger partial charge in [-0.1, -0.05) is 6.92 Å². The zero-order chi connectivity index (χ0) is 9.97. The van der Waals surface area contributed by atoms with Crippen molar-refractivity contribution in [2.24, 2.45) is 11.8 Å². The fourth-order valence-corrected chi connectivity index (χ4v) is 1.67. The molecule has 1 heterocycles. The maximum Gasteiger partial charge on any atom is 0.251 e. The zero-order valence-corrected chi connectivity index (χ0v) is 8.49. The molecule has 2 fully saturated rings. The summed E-state index contributed by atoms with van der Waals surface area (Å²) in [5.74, 6) is 1.44. The average Bonchev–Trinajstić information content (AvgIpc) is 2.92. The maximum atomic E-state index is 11.5. The summed E-state index contributed by atoms with van der Waals surface area (Å²) >= 11 is 0. The highest BCUT2D eigenvalue weighted by atomic mass is 16.6. The predicted octanol–water partition coefficient (Wildman–Crippen LogP) is 0.174. The van der Waals surface area contributed by atoms with E-state index in [2.05, 4.69) is 12.2 Å². The fraction of sp³-hybridized carbons (Fsp3) is 0.900. The van der Waals surface area contributed by atoms with Crippen molar-refractivity contribution in [3.05, 3.63) is 0 Å². The normalized spacial score (nSPS) is 36.5. The summed E-state index contributed by atoms with van der Waals surface area (Å²) in [6.45, 7) is 4.52. The van der Waals surface area contributed by atoms with Crippen LogP contribution >= 0.6 is 0 Å². The third kappa shape index (κ3) is 2.45. The van der Waals surface area contributed by atoms with Crippen LogP contribution in [0.15, 0.2) is 0 Å². The van der Waals surface area contributed by atoms with Crippen LogP contribution in [-0.4, -0.2) is 38.4 Å². The molecule has 1 saturated carbocycles. The van der Waals surface area contributed by atoms with Crippen molar-refractivity contribution in [2.45, 2.75) is 19.4 Å². The van der Waals surface area contributed by atoms with Crippen LogP contribution in [0.4, 0.5) is 0 Å². The van der Waals surface area contributed by atoms with E-state index in [1.54, 1.807) is 0 Å². The molecule has 1 aliphatic carbocycles. The number of amides is 1. The monoisotopic (exact) mass is 199 g/mol. The molecule has 1 saturated heterocycles. The van der Waals surface area contributed by atoms with Gasteiger partial charge in [0, 0.05) is 6.54 Å². The number of carbonyl (C=O) groups excluding carboxylic acids is 1. The van der Waals surface area contributed by atoms with Crippen LogP contribution in [0, 0.1) is 11.8 Å². The van der Waals surface area contributed by atoms with Crippen molar-refractivity contribution in [3.8, 4) is 0 Å². The van der Waals surface area contributed by atoms with Gasteiger partial charge in [-0.2, -0.15) is 0 Å². The van der Waals surface area contributed by atoms with Crippen molar-refractivity contribution in [3.63, 3.8) is 0 Å².